The summed E-state index contributed by atoms with van der Waals surface area (Å²) in [6.07, 6.45) is 5.42. The van der Waals surface area contributed by atoms with E-state index in [1.807, 2.05) is 12.2 Å². The van der Waals surface area contributed by atoms with E-state index in [9.17, 15) is 28.7 Å². The van der Waals surface area contributed by atoms with E-state index >= 15 is 0 Å². The zero-order chi connectivity index (χ0) is 22.8. The SMILES string of the molecule is O=NC1C[C@H](O)[C@H](CC=CCCCC(=O)O)[C@H]1CC[C@@H](O)CSc1cc(F)cc(F)c1. The smallest absolute Gasteiger partial charge is 0.303 e. The number of nitroso groups, excluding NO2 is 1. The molecule has 0 spiro atoms. The minimum Gasteiger partial charge on any atom is -0.481 e. The maximum atomic E-state index is 13.3. The van der Waals surface area contributed by atoms with E-state index < -0.39 is 35.9 Å². The van der Waals surface area contributed by atoms with Crippen molar-refractivity contribution in [2.75, 3.05) is 5.75 Å². The van der Waals surface area contributed by atoms with Gasteiger partial charge in [0.1, 0.15) is 11.6 Å². The normalized spacial score (nSPS) is 24.5. The van der Waals surface area contributed by atoms with Gasteiger partial charge in [-0.3, -0.25) is 4.79 Å². The van der Waals surface area contributed by atoms with Gasteiger partial charge in [-0.25, -0.2) is 8.78 Å². The first-order valence-electron chi connectivity index (χ1n) is 10.4. The molecule has 172 valence electrons. The molecule has 1 aliphatic carbocycles. The van der Waals surface area contributed by atoms with Crippen LogP contribution in [0.15, 0.2) is 40.4 Å². The molecule has 0 heterocycles. The molecule has 1 fully saturated rings. The van der Waals surface area contributed by atoms with Crippen molar-refractivity contribution in [3.8, 4) is 0 Å². The second kappa shape index (κ2) is 12.9. The molecule has 6 nitrogen and oxygen atoms in total. The molecule has 1 aromatic rings. The summed E-state index contributed by atoms with van der Waals surface area (Å²) < 4.78 is 26.5. The monoisotopic (exact) mass is 457 g/mol. The number of aliphatic hydroxyl groups excluding tert-OH is 2. The summed E-state index contributed by atoms with van der Waals surface area (Å²) in [4.78, 5) is 22.2. The molecule has 0 radical (unpaired) electrons. The molecule has 2 rings (SSSR count). The van der Waals surface area contributed by atoms with Gasteiger partial charge in [0.05, 0.1) is 18.2 Å². The lowest BCUT2D eigenvalue weighted by molar-refractivity contribution is -0.137. The zero-order valence-electron chi connectivity index (χ0n) is 17.2. The van der Waals surface area contributed by atoms with Gasteiger partial charge >= 0.3 is 5.97 Å². The Labute approximate surface area is 184 Å². The fraction of sp³-hybridized carbons (Fsp3) is 0.591. The van der Waals surface area contributed by atoms with Gasteiger partial charge in [0.2, 0.25) is 0 Å². The molecule has 0 aromatic heterocycles. The molecule has 1 unspecified atom stereocenters. The fourth-order valence-electron chi connectivity index (χ4n) is 4.04. The van der Waals surface area contributed by atoms with Gasteiger partial charge in [0.15, 0.2) is 0 Å². The van der Waals surface area contributed by atoms with Gasteiger partial charge in [-0.05, 0) is 62.5 Å². The molecule has 5 atom stereocenters. The molecule has 1 aromatic carbocycles. The number of unbranched alkanes of at least 4 members (excludes halogenated alkanes) is 1. The number of thioether (sulfide) groups is 1. The summed E-state index contributed by atoms with van der Waals surface area (Å²) in [6, 6.07) is 2.69. The Morgan fingerprint density at radius 1 is 1.23 bits per heavy atom. The van der Waals surface area contributed by atoms with Gasteiger partial charge in [0, 0.05) is 23.1 Å². The predicted molar refractivity (Wildman–Crippen MR) is 115 cm³/mol. The molecule has 0 aliphatic heterocycles. The van der Waals surface area contributed by atoms with E-state index in [1.165, 1.54) is 12.1 Å². The summed E-state index contributed by atoms with van der Waals surface area (Å²) in [7, 11) is 0. The van der Waals surface area contributed by atoms with Crippen molar-refractivity contribution in [2.45, 2.75) is 68.1 Å². The number of carbonyl (C=O) groups is 1. The lowest BCUT2D eigenvalue weighted by Gasteiger charge is -2.23. The number of halogens is 2. The van der Waals surface area contributed by atoms with E-state index in [4.69, 9.17) is 5.11 Å². The molecule has 1 saturated carbocycles. The first-order chi connectivity index (χ1) is 14.8. The number of rotatable bonds is 13. The van der Waals surface area contributed by atoms with Gasteiger partial charge in [-0.2, -0.15) is 4.91 Å². The number of nitrogens with zero attached hydrogens (tertiary/aromatic N) is 1. The Hall–Kier alpha value is -1.84. The van der Waals surface area contributed by atoms with E-state index in [2.05, 4.69) is 5.18 Å². The fourth-order valence-corrected chi connectivity index (χ4v) is 4.99. The highest BCUT2D eigenvalue weighted by Gasteiger charge is 2.42. The lowest BCUT2D eigenvalue weighted by Crippen LogP contribution is -2.23. The topological polar surface area (TPSA) is 107 Å². The van der Waals surface area contributed by atoms with Crippen molar-refractivity contribution in [2.24, 2.45) is 17.0 Å². The second-order valence-electron chi connectivity index (χ2n) is 7.94. The second-order valence-corrected chi connectivity index (χ2v) is 9.04. The summed E-state index contributed by atoms with van der Waals surface area (Å²) in [5.41, 5.74) is 0. The zero-order valence-corrected chi connectivity index (χ0v) is 18.0. The summed E-state index contributed by atoms with van der Waals surface area (Å²) >= 11 is 1.15. The molecule has 0 amide bonds. The standard InChI is InChI=1S/C22H29F2NO5S/c23-14-9-15(24)11-17(10-14)31-13-16(26)7-8-18-19(21(27)12-20(18)25-30)5-3-1-2-4-6-22(28)29/h1,3,9-11,16,18-21,26-27H,2,4-8,12-13H2,(H,28,29)/t16-,18-,19-,20?,21+/m1/s1. The summed E-state index contributed by atoms with van der Waals surface area (Å²) in [5.74, 6) is -2.24. The summed E-state index contributed by atoms with van der Waals surface area (Å²) in [5, 5.41) is 32.5. The van der Waals surface area contributed by atoms with Crippen LogP contribution in [0.1, 0.15) is 44.9 Å². The van der Waals surface area contributed by atoms with Crippen molar-refractivity contribution in [3.05, 3.63) is 46.9 Å². The highest BCUT2D eigenvalue weighted by molar-refractivity contribution is 7.99. The van der Waals surface area contributed by atoms with Crippen molar-refractivity contribution in [1.29, 1.82) is 0 Å². The third-order valence-corrected chi connectivity index (χ3v) is 6.73. The van der Waals surface area contributed by atoms with Crippen LogP contribution < -0.4 is 0 Å². The molecule has 31 heavy (non-hydrogen) atoms. The van der Waals surface area contributed by atoms with Crippen LogP contribution in [0.2, 0.25) is 0 Å². The number of aliphatic hydroxyl groups is 2. The van der Waals surface area contributed by atoms with Crippen LogP contribution >= 0.6 is 11.8 Å². The van der Waals surface area contributed by atoms with Crippen LogP contribution in [-0.4, -0.2) is 45.3 Å². The third-order valence-electron chi connectivity index (χ3n) is 5.60. The van der Waals surface area contributed by atoms with Crippen LogP contribution in [0.25, 0.3) is 0 Å². The highest BCUT2D eigenvalue weighted by atomic mass is 32.2. The van der Waals surface area contributed by atoms with E-state index in [0.29, 0.717) is 43.4 Å². The molecule has 0 saturated heterocycles. The quantitative estimate of drug-likeness (QED) is 0.174. The summed E-state index contributed by atoms with van der Waals surface area (Å²) in [6.45, 7) is 0. The number of benzene rings is 1. The van der Waals surface area contributed by atoms with E-state index in [1.54, 1.807) is 0 Å². The van der Waals surface area contributed by atoms with Crippen molar-refractivity contribution < 1.29 is 28.9 Å². The van der Waals surface area contributed by atoms with Crippen LogP contribution in [-0.2, 0) is 4.79 Å². The Morgan fingerprint density at radius 3 is 2.58 bits per heavy atom. The molecule has 9 heteroatoms. The van der Waals surface area contributed by atoms with Crippen molar-refractivity contribution in [3.63, 3.8) is 0 Å². The van der Waals surface area contributed by atoms with Crippen molar-refractivity contribution in [1.82, 2.24) is 0 Å². The number of allylic oxidation sites excluding steroid dienone is 2. The van der Waals surface area contributed by atoms with E-state index in [0.717, 1.165) is 17.8 Å². The first kappa shape index (κ1) is 25.4. The average molecular weight is 458 g/mol. The minimum atomic E-state index is -0.834. The van der Waals surface area contributed by atoms with Gasteiger partial charge in [-0.15, -0.1) is 11.8 Å². The molecule has 1 aliphatic rings. The minimum absolute atomic E-state index is 0.105. The largest absolute Gasteiger partial charge is 0.481 e. The van der Waals surface area contributed by atoms with Crippen LogP contribution in [0.4, 0.5) is 8.78 Å². The van der Waals surface area contributed by atoms with Crippen molar-refractivity contribution >= 4 is 17.7 Å². The number of aliphatic carboxylic acids is 1. The maximum absolute atomic E-state index is 13.3. The van der Waals surface area contributed by atoms with Crippen LogP contribution in [0.5, 0.6) is 0 Å². The Bertz CT molecular complexity index is 743. The van der Waals surface area contributed by atoms with E-state index in [-0.39, 0.29) is 24.0 Å². The van der Waals surface area contributed by atoms with Gasteiger partial charge in [0.25, 0.3) is 0 Å². The molecule has 0 bridgehead atoms. The van der Waals surface area contributed by atoms with Gasteiger partial charge in [-0.1, -0.05) is 17.3 Å². The Morgan fingerprint density at radius 2 is 1.94 bits per heavy atom. The van der Waals surface area contributed by atoms with Crippen LogP contribution in [0.3, 0.4) is 0 Å². The molecular weight excluding hydrogens is 428 g/mol. The third kappa shape index (κ3) is 8.66. The van der Waals surface area contributed by atoms with Gasteiger partial charge < -0.3 is 15.3 Å². The first-order valence-corrected chi connectivity index (χ1v) is 11.4. The number of carboxylic acid groups (broad SMARTS) is 1. The number of hydrogen-bond acceptors (Lipinski definition) is 6. The molecule has 3 N–H and O–H groups in total. The Kier molecular flexibility index (Phi) is 10.6. The number of hydrogen-bond donors (Lipinski definition) is 3. The lowest BCUT2D eigenvalue weighted by atomic mass is 9.85. The predicted octanol–water partition coefficient (Wildman–Crippen LogP) is 4.53. The van der Waals surface area contributed by atoms with Crippen LogP contribution in [0, 0.1) is 28.4 Å². The maximum Gasteiger partial charge on any atom is 0.303 e. The highest BCUT2D eigenvalue weighted by Crippen LogP contribution is 2.40. The average Bonchev–Trinajstić information content (AvgIpc) is 3.01. The molecular formula is C22H29F2NO5S. The number of carboxylic acids is 1. The Balaban J connectivity index is 1.83.